The molecule has 0 aliphatic heterocycles. The van der Waals surface area contributed by atoms with Crippen molar-refractivity contribution in [2.24, 2.45) is 10.2 Å². The Bertz CT molecular complexity index is 1180. The molecule has 26 heavy (non-hydrogen) atoms. The second-order valence-electron chi connectivity index (χ2n) is 5.67. The van der Waals surface area contributed by atoms with Crippen LogP contribution in [0.15, 0.2) is 73.4 Å². The molecule has 2 heterocycles. The summed E-state index contributed by atoms with van der Waals surface area (Å²) in [6.07, 6.45) is 0. The molecule has 7 heteroatoms. The molecule has 6 nitrogen and oxygen atoms in total. The zero-order valence-corrected chi connectivity index (χ0v) is 14.5. The van der Waals surface area contributed by atoms with Crippen molar-refractivity contribution < 1.29 is 9.52 Å². The number of aryl methyl sites for hydroxylation is 1. The zero-order valence-electron chi connectivity index (χ0n) is 13.7. The third kappa shape index (κ3) is 3.12. The number of rotatable bonds is 3. The lowest BCUT2D eigenvalue weighted by atomic mass is 10.1. The van der Waals surface area contributed by atoms with E-state index < -0.39 is 5.63 Å². The highest BCUT2D eigenvalue weighted by atomic mass is 32.1. The summed E-state index contributed by atoms with van der Waals surface area (Å²) in [6, 6.07) is 14.2. The summed E-state index contributed by atoms with van der Waals surface area (Å²) in [5, 5.41) is 21.3. The van der Waals surface area contributed by atoms with Crippen LogP contribution >= 0.6 is 11.3 Å². The fraction of sp³-hybridized carbons (Fsp3) is 0.0526. The molecular formula is C19H13N3O3S. The highest BCUT2D eigenvalue weighted by Crippen LogP contribution is 2.34. The standard InChI is InChI=1S/C19H13N3O3S/c1-11-7-18(24)25-17-9-14(16(23)8-13(11)17)21-22-19-20-15(10-26-19)12-5-3-2-4-6-12/h2-10,23H,1H3. The van der Waals surface area contributed by atoms with Gasteiger partial charge in [0.25, 0.3) is 0 Å². The molecule has 0 aliphatic rings. The van der Waals surface area contributed by atoms with Gasteiger partial charge in [-0.1, -0.05) is 30.3 Å². The first-order valence-corrected chi connectivity index (χ1v) is 8.68. The third-order valence-corrected chi connectivity index (χ3v) is 4.58. The Morgan fingerprint density at radius 3 is 2.73 bits per heavy atom. The lowest BCUT2D eigenvalue weighted by Crippen LogP contribution is -1.97. The predicted octanol–water partition coefficient (Wildman–Crippen LogP) is 5.35. The summed E-state index contributed by atoms with van der Waals surface area (Å²) in [7, 11) is 0. The van der Waals surface area contributed by atoms with Crippen molar-refractivity contribution in [3.63, 3.8) is 0 Å². The summed E-state index contributed by atoms with van der Waals surface area (Å²) in [5.41, 5.74) is 2.65. The summed E-state index contributed by atoms with van der Waals surface area (Å²) in [4.78, 5) is 15.9. The van der Waals surface area contributed by atoms with Crippen LogP contribution in [0.1, 0.15) is 5.56 Å². The molecule has 4 rings (SSSR count). The molecule has 2 aromatic heterocycles. The van der Waals surface area contributed by atoms with Crippen LogP contribution in [0, 0.1) is 6.92 Å². The van der Waals surface area contributed by atoms with E-state index in [-0.39, 0.29) is 11.4 Å². The number of fused-ring (bicyclic) bond motifs is 1. The van der Waals surface area contributed by atoms with Gasteiger partial charge in [-0.2, -0.15) is 0 Å². The predicted molar refractivity (Wildman–Crippen MR) is 101 cm³/mol. The number of hydrogen-bond acceptors (Lipinski definition) is 7. The number of phenolic OH excluding ortho intramolecular Hbond substituents is 1. The van der Waals surface area contributed by atoms with Gasteiger partial charge in [0, 0.05) is 28.5 Å². The Morgan fingerprint density at radius 2 is 1.92 bits per heavy atom. The molecule has 2 aromatic carbocycles. The van der Waals surface area contributed by atoms with Crippen LogP contribution in [-0.4, -0.2) is 10.1 Å². The molecule has 0 fully saturated rings. The van der Waals surface area contributed by atoms with Gasteiger partial charge in [0.2, 0.25) is 5.13 Å². The van der Waals surface area contributed by atoms with Gasteiger partial charge in [-0.05, 0) is 18.6 Å². The van der Waals surface area contributed by atoms with Crippen molar-refractivity contribution in [1.29, 1.82) is 0 Å². The van der Waals surface area contributed by atoms with E-state index in [1.54, 1.807) is 6.92 Å². The second kappa shape index (κ2) is 6.53. The van der Waals surface area contributed by atoms with Gasteiger partial charge >= 0.3 is 5.63 Å². The Kier molecular flexibility index (Phi) is 4.06. The van der Waals surface area contributed by atoms with E-state index >= 15 is 0 Å². The lowest BCUT2D eigenvalue weighted by molar-refractivity contribution is 0.476. The molecule has 0 aliphatic carbocycles. The van der Waals surface area contributed by atoms with Crippen LogP contribution in [0.5, 0.6) is 5.75 Å². The van der Waals surface area contributed by atoms with Crippen LogP contribution in [0.2, 0.25) is 0 Å². The van der Waals surface area contributed by atoms with E-state index in [2.05, 4.69) is 15.2 Å². The first-order chi connectivity index (χ1) is 12.6. The Morgan fingerprint density at radius 1 is 1.12 bits per heavy atom. The largest absolute Gasteiger partial charge is 0.506 e. The maximum Gasteiger partial charge on any atom is 0.336 e. The fourth-order valence-corrected chi connectivity index (χ4v) is 3.22. The maximum atomic E-state index is 11.5. The second-order valence-corrected chi connectivity index (χ2v) is 6.50. The van der Waals surface area contributed by atoms with E-state index in [9.17, 15) is 9.90 Å². The molecule has 0 atom stereocenters. The molecule has 0 unspecified atom stereocenters. The van der Waals surface area contributed by atoms with E-state index in [1.807, 2.05) is 35.7 Å². The van der Waals surface area contributed by atoms with Crippen molar-refractivity contribution in [2.75, 3.05) is 0 Å². The molecule has 0 bridgehead atoms. The molecule has 0 radical (unpaired) electrons. The normalized spacial score (nSPS) is 11.4. The van der Waals surface area contributed by atoms with Crippen molar-refractivity contribution in [3.05, 3.63) is 69.9 Å². The first kappa shape index (κ1) is 16.2. The van der Waals surface area contributed by atoms with Crippen LogP contribution < -0.4 is 5.63 Å². The van der Waals surface area contributed by atoms with Gasteiger partial charge in [-0.3, -0.25) is 0 Å². The van der Waals surface area contributed by atoms with Crippen molar-refractivity contribution in [3.8, 4) is 17.0 Å². The molecule has 0 saturated heterocycles. The van der Waals surface area contributed by atoms with Crippen LogP contribution in [-0.2, 0) is 0 Å². The monoisotopic (exact) mass is 363 g/mol. The minimum Gasteiger partial charge on any atom is -0.506 e. The van der Waals surface area contributed by atoms with Crippen LogP contribution in [0.25, 0.3) is 22.2 Å². The average Bonchev–Trinajstić information content (AvgIpc) is 3.10. The van der Waals surface area contributed by atoms with Gasteiger partial charge in [0.05, 0.1) is 5.69 Å². The Hall–Kier alpha value is -3.32. The number of aromatic nitrogens is 1. The summed E-state index contributed by atoms with van der Waals surface area (Å²) >= 11 is 1.35. The molecule has 0 spiro atoms. The summed E-state index contributed by atoms with van der Waals surface area (Å²) in [5.74, 6) is -0.0435. The number of azo groups is 1. The van der Waals surface area contributed by atoms with Gasteiger partial charge in [-0.25, -0.2) is 9.78 Å². The average molecular weight is 363 g/mol. The van der Waals surface area contributed by atoms with E-state index in [1.165, 1.54) is 29.5 Å². The number of thiazole rings is 1. The van der Waals surface area contributed by atoms with E-state index in [0.29, 0.717) is 16.1 Å². The topological polar surface area (TPSA) is 88.0 Å². The molecule has 0 amide bonds. The van der Waals surface area contributed by atoms with Crippen molar-refractivity contribution in [1.82, 2.24) is 4.98 Å². The number of aromatic hydroxyl groups is 1. The fourth-order valence-electron chi connectivity index (χ4n) is 2.57. The van der Waals surface area contributed by atoms with Gasteiger partial charge in [0.1, 0.15) is 17.0 Å². The molecule has 128 valence electrons. The van der Waals surface area contributed by atoms with E-state index in [0.717, 1.165) is 16.8 Å². The molecular weight excluding hydrogens is 350 g/mol. The zero-order chi connectivity index (χ0) is 18.1. The maximum absolute atomic E-state index is 11.5. The van der Waals surface area contributed by atoms with Crippen molar-refractivity contribution >= 4 is 33.1 Å². The summed E-state index contributed by atoms with van der Waals surface area (Å²) < 4.78 is 5.17. The minimum absolute atomic E-state index is 0.0435. The summed E-state index contributed by atoms with van der Waals surface area (Å²) in [6.45, 7) is 1.78. The molecule has 1 N–H and O–H groups in total. The Balaban J connectivity index is 1.68. The quantitative estimate of drug-likeness (QED) is 0.393. The van der Waals surface area contributed by atoms with Crippen LogP contribution in [0.3, 0.4) is 0 Å². The number of nitrogens with zero attached hydrogens (tertiary/aromatic N) is 3. The first-order valence-electron chi connectivity index (χ1n) is 7.80. The number of phenols is 1. The van der Waals surface area contributed by atoms with Gasteiger partial charge in [0.15, 0.2) is 0 Å². The smallest absolute Gasteiger partial charge is 0.336 e. The SMILES string of the molecule is Cc1cc(=O)oc2cc(N=Nc3nc(-c4ccccc4)cs3)c(O)cc12. The number of benzene rings is 2. The van der Waals surface area contributed by atoms with Crippen LogP contribution in [0.4, 0.5) is 10.8 Å². The van der Waals surface area contributed by atoms with Gasteiger partial charge < -0.3 is 9.52 Å². The molecule has 0 saturated carbocycles. The highest BCUT2D eigenvalue weighted by Gasteiger charge is 2.09. The Labute approximate surface area is 152 Å². The minimum atomic E-state index is -0.448. The molecule has 4 aromatic rings. The van der Waals surface area contributed by atoms with Crippen molar-refractivity contribution in [2.45, 2.75) is 6.92 Å². The highest BCUT2D eigenvalue weighted by molar-refractivity contribution is 7.13. The number of hydrogen-bond donors (Lipinski definition) is 1. The van der Waals surface area contributed by atoms with Gasteiger partial charge in [-0.15, -0.1) is 21.6 Å². The van der Waals surface area contributed by atoms with E-state index in [4.69, 9.17) is 4.42 Å². The third-order valence-electron chi connectivity index (χ3n) is 3.85. The lowest BCUT2D eigenvalue weighted by Gasteiger charge is -2.03.